The van der Waals surface area contributed by atoms with E-state index in [1.807, 2.05) is 17.9 Å². The fourth-order valence-electron chi connectivity index (χ4n) is 4.15. The van der Waals surface area contributed by atoms with E-state index in [2.05, 4.69) is 0 Å². The molecule has 4 atom stereocenters. The predicted molar refractivity (Wildman–Crippen MR) is 87.6 cm³/mol. The first-order valence-electron chi connectivity index (χ1n) is 8.89. The van der Waals surface area contributed by atoms with E-state index in [0.29, 0.717) is 39.1 Å². The van der Waals surface area contributed by atoms with Gasteiger partial charge in [-0.1, -0.05) is 11.6 Å². The second-order valence-corrected chi connectivity index (χ2v) is 7.32. The van der Waals surface area contributed by atoms with E-state index < -0.39 is 17.5 Å². The summed E-state index contributed by atoms with van der Waals surface area (Å²) in [7, 11) is 0. The van der Waals surface area contributed by atoms with Crippen molar-refractivity contribution >= 4 is 11.9 Å². The molecule has 134 valence electrons. The van der Waals surface area contributed by atoms with Gasteiger partial charge in [-0.05, 0) is 39.5 Å². The number of aliphatic carboxylic acids is 1. The number of carboxylic acid groups (broad SMARTS) is 1. The molecule has 6 heteroatoms. The molecular formula is C18H27NO5. The molecule has 0 aromatic rings. The summed E-state index contributed by atoms with van der Waals surface area (Å²) < 4.78 is 11.2. The molecule has 3 aliphatic rings. The van der Waals surface area contributed by atoms with Gasteiger partial charge in [-0.2, -0.15) is 0 Å². The van der Waals surface area contributed by atoms with Crippen LogP contribution in [0.2, 0.25) is 0 Å². The molecule has 24 heavy (non-hydrogen) atoms. The Morgan fingerprint density at radius 1 is 1.38 bits per heavy atom. The van der Waals surface area contributed by atoms with Crippen LogP contribution in [-0.4, -0.2) is 59.9 Å². The van der Waals surface area contributed by atoms with Crippen molar-refractivity contribution in [3.8, 4) is 0 Å². The maximum absolute atomic E-state index is 12.8. The van der Waals surface area contributed by atoms with Crippen LogP contribution in [0.4, 0.5) is 0 Å². The first-order chi connectivity index (χ1) is 11.5. The highest BCUT2D eigenvalue weighted by molar-refractivity contribution is 5.80. The van der Waals surface area contributed by atoms with Crippen molar-refractivity contribution in [1.82, 2.24) is 4.90 Å². The van der Waals surface area contributed by atoms with E-state index in [-0.39, 0.29) is 18.0 Å². The quantitative estimate of drug-likeness (QED) is 0.776. The van der Waals surface area contributed by atoms with Crippen molar-refractivity contribution in [2.45, 2.75) is 64.1 Å². The number of hydrogen-bond acceptors (Lipinski definition) is 4. The second kappa shape index (κ2) is 6.84. The molecule has 2 bridgehead atoms. The summed E-state index contributed by atoms with van der Waals surface area (Å²) >= 11 is 0. The van der Waals surface area contributed by atoms with Gasteiger partial charge < -0.3 is 19.5 Å². The van der Waals surface area contributed by atoms with Crippen LogP contribution in [0.25, 0.3) is 0 Å². The average Bonchev–Trinajstić information content (AvgIpc) is 2.80. The van der Waals surface area contributed by atoms with E-state index in [1.54, 1.807) is 6.92 Å². The molecule has 1 amide bonds. The maximum atomic E-state index is 12.8. The second-order valence-electron chi connectivity index (χ2n) is 7.32. The summed E-state index contributed by atoms with van der Waals surface area (Å²) in [5.74, 6) is -0.694. The van der Waals surface area contributed by atoms with Gasteiger partial charge in [0.1, 0.15) is 0 Å². The summed E-state index contributed by atoms with van der Waals surface area (Å²) in [5, 5.41) is 9.55. The molecular weight excluding hydrogens is 310 g/mol. The van der Waals surface area contributed by atoms with Gasteiger partial charge in [-0.25, -0.2) is 0 Å². The number of carbonyl (C=O) groups excluding carboxylic acids is 1. The topological polar surface area (TPSA) is 76.1 Å². The molecule has 6 nitrogen and oxygen atoms in total. The number of nitrogens with zero attached hydrogens (tertiary/aromatic N) is 1. The van der Waals surface area contributed by atoms with Crippen LogP contribution in [0, 0.1) is 5.41 Å². The molecule has 2 fully saturated rings. The van der Waals surface area contributed by atoms with Crippen LogP contribution < -0.4 is 0 Å². The number of morpholine rings is 1. The highest BCUT2D eigenvalue weighted by Gasteiger charge is 2.45. The van der Waals surface area contributed by atoms with Gasteiger partial charge in [0.15, 0.2) is 0 Å². The third-order valence-corrected chi connectivity index (χ3v) is 5.72. The number of hydrogen-bond donors (Lipinski definition) is 1. The van der Waals surface area contributed by atoms with Gasteiger partial charge in [-0.3, -0.25) is 9.59 Å². The first kappa shape index (κ1) is 17.4. The van der Waals surface area contributed by atoms with Gasteiger partial charge in [0, 0.05) is 13.0 Å². The number of carbonyl (C=O) groups is 2. The minimum Gasteiger partial charge on any atom is -0.481 e. The number of carboxylic acids is 1. The van der Waals surface area contributed by atoms with Crippen molar-refractivity contribution in [3.05, 3.63) is 11.6 Å². The molecule has 0 spiro atoms. The number of ether oxygens (including phenoxy) is 2. The lowest BCUT2D eigenvalue weighted by Gasteiger charge is -2.38. The lowest BCUT2D eigenvalue weighted by atomic mass is 9.73. The van der Waals surface area contributed by atoms with E-state index >= 15 is 0 Å². The molecule has 1 aliphatic carbocycles. The van der Waals surface area contributed by atoms with Gasteiger partial charge in [0.05, 0.1) is 36.8 Å². The molecule has 3 unspecified atom stereocenters. The summed E-state index contributed by atoms with van der Waals surface area (Å²) in [5.41, 5.74) is 0.0867. The van der Waals surface area contributed by atoms with Crippen LogP contribution in [0.1, 0.15) is 46.0 Å². The van der Waals surface area contributed by atoms with E-state index in [1.165, 1.54) is 0 Å². The van der Waals surface area contributed by atoms with E-state index in [9.17, 15) is 14.7 Å². The molecule has 2 heterocycles. The Morgan fingerprint density at radius 3 is 2.62 bits per heavy atom. The Kier molecular flexibility index (Phi) is 4.97. The average molecular weight is 337 g/mol. The Hall–Kier alpha value is -1.40. The van der Waals surface area contributed by atoms with Gasteiger partial charge in [0.2, 0.25) is 5.91 Å². The third kappa shape index (κ3) is 3.09. The first-order valence-corrected chi connectivity index (χ1v) is 8.89. The zero-order chi connectivity index (χ0) is 17.3. The Balaban J connectivity index is 1.71. The van der Waals surface area contributed by atoms with Crippen molar-refractivity contribution in [2.24, 2.45) is 5.41 Å². The Morgan fingerprint density at radius 2 is 2.04 bits per heavy atom. The standard InChI is InChI=1S/C18H27NO5/c1-3-24-15-8-12(6-7-18(15,2)17(21)22)9-16(20)19-13-4-5-14(19)11-23-10-13/h8,13-15H,3-7,9-11H2,1-2H3,(H,21,22)/t13?,14?,15?,18-/m0/s1. The summed E-state index contributed by atoms with van der Waals surface area (Å²) in [6.07, 6.45) is 4.95. The fraction of sp³-hybridized carbons (Fsp3) is 0.778. The van der Waals surface area contributed by atoms with Gasteiger partial charge >= 0.3 is 5.97 Å². The van der Waals surface area contributed by atoms with Crippen LogP contribution in [0.15, 0.2) is 11.6 Å². The molecule has 2 saturated heterocycles. The molecule has 0 aromatic heterocycles. The van der Waals surface area contributed by atoms with Crippen molar-refractivity contribution in [1.29, 1.82) is 0 Å². The smallest absolute Gasteiger partial charge is 0.312 e. The third-order valence-electron chi connectivity index (χ3n) is 5.72. The Bertz CT molecular complexity index is 530. The number of fused-ring (bicyclic) bond motifs is 2. The van der Waals surface area contributed by atoms with Crippen LogP contribution in [0.3, 0.4) is 0 Å². The minimum atomic E-state index is -0.916. The van der Waals surface area contributed by atoms with Gasteiger partial charge in [0.25, 0.3) is 0 Å². The number of amides is 1. The molecule has 3 rings (SSSR count). The maximum Gasteiger partial charge on any atom is 0.312 e. The normalized spacial score (nSPS) is 35.7. The lowest BCUT2D eigenvalue weighted by molar-refractivity contribution is -0.156. The van der Waals surface area contributed by atoms with Crippen molar-refractivity contribution < 1.29 is 24.2 Å². The SMILES string of the molecule is CCOC1C=C(CC(=O)N2C3CCC2COC3)CC[C@]1(C)C(=O)O. The summed E-state index contributed by atoms with van der Waals surface area (Å²) in [6.45, 7) is 5.33. The molecule has 0 radical (unpaired) electrons. The van der Waals surface area contributed by atoms with E-state index in [4.69, 9.17) is 9.47 Å². The lowest BCUT2D eigenvalue weighted by Crippen LogP contribution is -2.49. The highest BCUT2D eigenvalue weighted by Crippen LogP contribution is 2.39. The largest absolute Gasteiger partial charge is 0.481 e. The fourth-order valence-corrected chi connectivity index (χ4v) is 4.15. The molecule has 1 N–H and O–H groups in total. The number of rotatable bonds is 5. The van der Waals surface area contributed by atoms with Crippen molar-refractivity contribution in [2.75, 3.05) is 19.8 Å². The molecule has 0 saturated carbocycles. The highest BCUT2D eigenvalue weighted by atomic mass is 16.5. The zero-order valence-corrected chi connectivity index (χ0v) is 14.5. The monoisotopic (exact) mass is 337 g/mol. The summed E-state index contributed by atoms with van der Waals surface area (Å²) in [4.78, 5) is 26.4. The minimum absolute atomic E-state index is 0.145. The van der Waals surface area contributed by atoms with Crippen LogP contribution in [-0.2, 0) is 19.1 Å². The molecule has 0 aromatic carbocycles. The van der Waals surface area contributed by atoms with Crippen LogP contribution in [0.5, 0.6) is 0 Å². The summed E-state index contributed by atoms with van der Waals surface area (Å²) in [6, 6.07) is 0.430. The molecule has 2 aliphatic heterocycles. The predicted octanol–water partition coefficient (Wildman–Crippen LogP) is 1.98. The van der Waals surface area contributed by atoms with Gasteiger partial charge in [-0.15, -0.1) is 0 Å². The zero-order valence-electron chi connectivity index (χ0n) is 14.5. The van der Waals surface area contributed by atoms with Crippen LogP contribution >= 0.6 is 0 Å². The van der Waals surface area contributed by atoms with E-state index in [0.717, 1.165) is 18.4 Å². The van der Waals surface area contributed by atoms with Crippen molar-refractivity contribution in [3.63, 3.8) is 0 Å². The Labute approximate surface area is 142 Å².